The third kappa shape index (κ3) is 8.03. The van der Waals surface area contributed by atoms with Crippen LogP contribution in [0.4, 0.5) is 11.4 Å². The van der Waals surface area contributed by atoms with Crippen LogP contribution in [0.25, 0.3) is 0 Å². The van der Waals surface area contributed by atoms with Crippen molar-refractivity contribution in [2.75, 3.05) is 23.8 Å². The molecule has 8 heteroatoms. The van der Waals surface area contributed by atoms with Gasteiger partial charge in [0.05, 0.1) is 18.6 Å². The molecule has 35 heavy (non-hydrogen) atoms. The van der Waals surface area contributed by atoms with Crippen LogP contribution in [0.5, 0.6) is 11.5 Å². The van der Waals surface area contributed by atoms with Crippen molar-refractivity contribution in [2.45, 2.75) is 43.9 Å². The molecule has 3 aromatic rings. The summed E-state index contributed by atoms with van der Waals surface area (Å²) >= 11 is 0. The van der Waals surface area contributed by atoms with E-state index in [1.807, 2.05) is 0 Å². The Labute approximate surface area is 207 Å². The molecule has 186 valence electrons. The lowest BCUT2D eigenvalue weighted by Gasteiger charge is -2.10. The Balaban J connectivity index is 1.52. The second kappa shape index (κ2) is 12.8. The summed E-state index contributed by atoms with van der Waals surface area (Å²) in [5, 5.41) is 2.78. The summed E-state index contributed by atoms with van der Waals surface area (Å²) in [5.41, 5.74) is 1.40. The summed E-state index contributed by atoms with van der Waals surface area (Å²) in [6, 6.07) is 19.5. The van der Waals surface area contributed by atoms with Crippen LogP contribution < -0.4 is 19.5 Å². The quantitative estimate of drug-likeness (QED) is 0.279. The second-order valence-electron chi connectivity index (χ2n) is 8.10. The van der Waals surface area contributed by atoms with Crippen LogP contribution in [0.1, 0.15) is 49.4 Å². The zero-order valence-corrected chi connectivity index (χ0v) is 20.9. The Hall–Kier alpha value is -3.52. The van der Waals surface area contributed by atoms with Gasteiger partial charge in [-0.05, 0) is 79.2 Å². The highest BCUT2D eigenvalue weighted by molar-refractivity contribution is 7.92. The first kappa shape index (κ1) is 26.1. The van der Waals surface area contributed by atoms with E-state index in [0.29, 0.717) is 29.3 Å². The summed E-state index contributed by atoms with van der Waals surface area (Å²) in [4.78, 5) is 12.7. The molecule has 0 aliphatic heterocycles. The molecule has 0 atom stereocenters. The number of amides is 1. The number of benzene rings is 3. The summed E-state index contributed by atoms with van der Waals surface area (Å²) in [7, 11) is -2.23. The highest BCUT2D eigenvalue weighted by Crippen LogP contribution is 2.21. The van der Waals surface area contributed by atoms with Crippen LogP contribution in [-0.2, 0) is 10.0 Å². The second-order valence-corrected chi connectivity index (χ2v) is 9.78. The standard InChI is InChI=1S/C27H32N2O5S/c1-3-4-5-6-7-20-34-25-14-8-21(9-15-25)27(30)28-22-12-18-26(19-13-22)35(31,32)29-23-10-16-24(33-2)17-11-23/h8-19,29H,3-7,20H2,1-2H3,(H,28,30). The number of carbonyl (C=O) groups excluding carboxylic acids is 1. The Morgan fingerprint density at radius 1 is 0.771 bits per heavy atom. The molecular weight excluding hydrogens is 464 g/mol. The maximum absolute atomic E-state index is 12.6. The highest BCUT2D eigenvalue weighted by Gasteiger charge is 2.15. The van der Waals surface area contributed by atoms with Crippen LogP contribution >= 0.6 is 0 Å². The first-order valence-electron chi connectivity index (χ1n) is 11.7. The van der Waals surface area contributed by atoms with E-state index in [2.05, 4.69) is 17.0 Å². The van der Waals surface area contributed by atoms with E-state index in [4.69, 9.17) is 9.47 Å². The van der Waals surface area contributed by atoms with E-state index < -0.39 is 10.0 Å². The van der Waals surface area contributed by atoms with Crippen molar-refractivity contribution >= 4 is 27.3 Å². The predicted octanol–water partition coefficient (Wildman–Crippen LogP) is 6.10. The van der Waals surface area contributed by atoms with Gasteiger partial charge in [0.2, 0.25) is 0 Å². The monoisotopic (exact) mass is 496 g/mol. The van der Waals surface area contributed by atoms with E-state index in [-0.39, 0.29) is 10.8 Å². The van der Waals surface area contributed by atoms with Crippen molar-refractivity contribution in [3.05, 3.63) is 78.4 Å². The summed E-state index contributed by atoms with van der Waals surface area (Å²) in [6.45, 7) is 2.86. The Morgan fingerprint density at radius 2 is 1.37 bits per heavy atom. The molecule has 0 saturated carbocycles. The van der Waals surface area contributed by atoms with Crippen molar-refractivity contribution in [2.24, 2.45) is 0 Å². The van der Waals surface area contributed by atoms with Gasteiger partial charge in [-0.1, -0.05) is 32.6 Å². The van der Waals surface area contributed by atoms with Crippen molar-refractivity contribution in [1.29, 1.82) is 0 Å². The number of rotatable bonds is 13. The largest absolute Gasteiger partial charge is 0.497 e. The molecule has 0 spiro atoms. The van der Waals surface area contributed by atoms with Crippen LogP contribution in [0.15, 0.2) is 77.7 Å². The van der Waals surface area contributed by atoms with Gasteiger partial charge in [0, 0.05) is 16.9 Å². The molecule has 2 N–H and O–H groups in total. The zero-order valence-electron chi connectivity index (χ0n) is 20.1. The summed E-state index contributed by atoms with van der Waals surface area (Å²) < 4.78 is 38.6. The summed E-state index contributed by atoms with van der Waals surface area (Å²) in [6.07, 6.45) is 5.87. The fraction of sp³-hybridized carbons (Fsp3) is 0.296. The fourth-order valence-electron chi connectivity index (χ4n) is 3.39. The van der Waals surface area contributed by atoms with Crippen molar-refractivity contribution in [3.63, 3.8) is 0 Å². The first-order valence-corrected chi connectivity index (χ1v) is 13.2. The molecular formula is C27H32N2O5S. The van der Waals surface area contributed by atoms with E-state index in [9.17, 15) is 13.2 Å². The number of hydrogen-bond donors (Lipinski definition) is 2. The molecule has 0 aliphatic carbocycles. The molecule has 1 amide bonds. The third-order valence-electron chi connectivity index (χ3n) is 5.40. The number of hydrogen-bond acceptors (Lipinski definition) is 5. The lowest BCUT2D eigenvalue weighted by Crippen LogP contribution is -2.14. The zero-order chi connectivity index (χ0) is 25.1. The van der Waals surface area contributed by atoms with Gasteiger partial charge >= 0.3 is 0 Å². The predicted molar refractivity (Wildman–Crippen MR) is 139 cm³/mol. The van der Waals surface area contributed by atoms with Gasteiger partial charge in [-0.15, -0.1) is 0 Å². The van der Waals surface area contributed by atoms with Crippen molar-refractivity contribution < 1.29 is 22.7 Å². The van der Waals surface area contributed by atoms with Crippen LogP contribution in [0, 0.1) is 0 Å². The van der Waals surface area contributed by atoms with E-state index in [0.717, 1.165) is 18.6 Å². The molecule has 0 bridgehead atoms. The van der Waals surface area contributed by atoms with E-state index in [1.165, 1.54) is 31.4 Å². The number of methoxy groups -OCH3 is 1. The highest BCUT2D eigenvalue weighted by atomic mass is 32.2. The Kier molecular flexibility index (Phi) is 9.55. The minimum Gasteiger partial charge on any atom is -0.497 e. The Morgan fingerprint density at radius 3 is 2.00 bits per heavy atom. The lowest BCUT2D eigenvalue weighted by atomic mass is 10.1. The number of anilines is 2. The van der Waals surface area contributed by atoms with E-state index in [1.54, 1.807) is 67.8 Å². The number of nitrogens with one attached hydrogen (secondary N) is 2. The first-order chi connectivity index (χ1) is 16.9. The average Bonchev–Trinajstić information content (AvgIpc) is 2.87. The van der Waals surface area contributed by atoms with Gasteiger partial charge in [-0.3, -0.25) is 9.52 Å². The maximum atomic E-state index is 12.6. The van der Waals surface area contributed by atoms with Crippen LogP contribution in [0.2, 0.25) is 0 Å². The molecule has 3 rings (SSSR count). The maximum Gasteiger partial charge on any atom is 0.261 e. The molecule has 3 aromatic carbocycles. The smallest absolute Gasteiger partial charge is 0.261 e. The molecule has 0 saturated heterocycles. The van der Waals surface area contributed by atoms with Gasteiger partial charge in [-0.2, -0.15) is 0 Å². The molecule has 0 heterocycles. The molecule has 7 nitrogen and oxygen atoms in total. The van der Waals surface area contributed by atoms with Crippen molar-refractivity contribution in [1.82, 2.24) is 0 Å². The number of ether oxygens (including phenoxy) is 2. The normalized spacial score (nSPS) is 11.0. The third-order valence-corrected chi connectivity index (χ3v) is 6.80. The Bertz CT molecular complexity index is 1180. The van der Waals surface area contributed by atoms with Crippen LogP contribution in [0.3, 0.4) is 0 Å². The minimum absolute atomic E-state index is 0.0857. The molecule has 0 radical (unpaired) electrons. The lowest BCUT2D eigenvalue weighted by molar-refractivity contribution is 0.102. The van der Waals surface area contributed by atoms with Gasteiger partial charge in [-0.25, -0.2) is 8.42 Å². The van der Waals surface area contributed by atoms with Gasteiger partial charge in [0.25, 0.3) is 15.9 Å². The average molecular weight is 497 g/mol. The number of sulfonamides is 1. The fourth-order valence-corrected chi connectivity index (χ4v) is 4.45. The van der Waals surface area contributed by atoms with Crippen LogP contribution in [-0.4, -0.2) is 28.0 Å². The minimum atomic E-state index is -3.77. The summed E-state index contributed by atoms with van der Waals surface area (Å²) in [5.74, 6) is 1.08. The molecule has 0 aromatic heterocycles. The number of carbonyl (C=O) groups is 1. The molecule has 0 fully saturated rings. The molecule has 0 aliphatic rings. The van der Waals surface area contributed by atoms with Crippen molar-refractivity contribution in [3.8, 4) is 11.5 Å². The SMILES string of the molecule is CCCCCCCOc1ccc(C(=O)Nc2ccc(S(=O)(=O)Nc3ccc(OC)cc3)cc2)cc1. The number of unbranched alkanes of at least 4 members (excludes halogenated alkanes) is 4. The van der Waals surface area contributed by atoms with E-state index >= 15 is 0 Å². The van der Waals surface area contributed by atoms with Gasteiger partial charge < -0.3 is 14.8 Å². The van der Waals surface area contributed by atoms with Gasteiger partial charge in [0.15, 0.2) is 0 Å². The van der Waals surface area contributed by atoms with Gasteiger partial charge in [0.1, 0.15) is 11.5 Å². The topological polar surface area (TPSA) is 93.7 Å². The molecule has 0 unspecified atom stereocenters.